The molecule has 0 radical (unpaired) electrons. The second-order valence-electron chi connectivity index (χ2n) is 7.02. The van der Waals surface area contributed by atoms with Crippen LogP contribution < -0.4 is 5.32 Å². The third kappa shape index (κ3) is 3.80. The molecular formula is C20H18F3NOS2. The highest BCUT2D eigenvalue weighted by atomic mass is 32.2. The van der Waals surface area contributed by atoms with E-state index in [9.17, 15) is 18.0 Å². The summed E-state index contributed by atoms with van der Waals surface area (Å²) in [6.07, 6.45) is 0.856. The Balaban J connectivity index is 1.55. The average Bonchev–Trinajstić information content (AvgIpc) is 2.97. The van der Waals surface area contributed by atoms with Crippen LogP contribution in [0.5, 0.6) is 0 Å². The quantitative estimate of drug-likeness (QED) is 0.648. The molecule has 0 spiro atoms. The molecule has 142 valence electrons. The highest BCUT2D eigenvalue weighted by Gasteiger charge is 2.31. The summed E-state index contributed by atoms with van der Waals surface area (Å²) in [5, 5.41) is 2.60. The van der Waals surface area contributed by atoms with Crippen molar-refractivity contribution in [1.29, 1.82) is 0 Å². The predicted molar refractivity (Wildman–Crippen MR) is 105 cm³/mol. The third-order valence-electron chi connectivity index (χ3n) is 4.96. The molecule has 1 aliphatic heterocycles. The molecule has 2 nitrogen and oxygen atoms in total. The van der Waals surface area contributed by atoms with E-state index in [1.807, 2.05) is 6.08 Å². The van der Waals surface area contributed by atoms with Gasteiger partial charge in [0.15, 0.2) is 0 Å². The monoisotopic (exact) mass is 409 g/mol. The molecule has 1 unspecified atom stereocenters. The summed E-state index contributed by atoms with van der Waals surface area (Å²) < 4.78 is 38.5. The van der Waals surface area contributed by atoms with Crippen molar-refractivity contribution in [3.8, 4) is 0 Å². The fraction of sp³-hybridized carbons (Fsp3) is 0.350. The molecule has 27 heavy (non-hydrogen) atoms. The standard InChI is InChI=1S/C20H18F3NOS2/c1-11-5-6-14-15-10-26-18(9-17(15)27-16(14)7-11)19(25)24-13-4-2-3-12(8-13)20(21,22)23/h2-4,8-9,11H,5-7,10H2,1H3,(H,24,25). The molecule has 2 aliphatic rings. The number of carbonyl (C=O) groups is 1. The number of thiophene rings is 1. The smallest absolute Gasteiger partial charge is 0.322 e. The SMILES string of the molecule is CC1CCc2c(sc3c2CSC(C(=O)Nc2cccc(C(F)(F)F)c2)=C3)C1. The molecule has 1 atom stereocenters. The molecule has 2 aromatic rings. The van der Waals surface area contributed by atoms with E-state index in [4.69, 9.17) is 0 Å². The number of alkyl halides is 3. The van der Waals surface area contributed by atoms with Gasteiger partial charge in [0.2, 0.25) is 0 Å². The number of fused-ring (bicyclic) bond motifs is 3. The van der Waals surface area contributed by atoms with Gasteiger partial charge in [0.1, 0.15) is 0 Å². The number of halogens is 3. The third-order valence-corrected chi connectivity index (χ3v) is 7.25. The highest BCUT2D eigenvalue weighted by Crippen LogP contribution is 2.43. The molecule has 0 saturated carbocycles. The Morgan fingerprint density at radius 2 is 2.07 bits per heavy atom. The van der Waals surface area contributed by atoms with E-state index >= 15 is 0 Å². The topological polar surface area (TPSA) is 29.1 Å². The summed E-state index contributed by atoms with van der Waals surface area (Å²) in [5.74, 6) is 1.08. The van der Waals surface area contributed by atoms with Gasteiger partial charge < -0.3 is 5.32 Å². The van der Waals surface area contributed by atoms with Crippen molar-refractivity contribution in [3.63, 3.8) is 0 Å². The molecule has 0 bridgehead atoms. The van der Waals surface area contributed by atoms with Crippen LogP contribution in [0.3, 0.4) is 0 Å². The normalized spacial score (nSPS) is 19.1. The number of hydrogen-bond acceptors (Lipinski definition) is 3. The van der Waals surface area contributed by atoms with Crippen molar-refractivity contribution in [1.82, 2.24) is 0 Å². The average molecular weight is 409 g/mol. The lowest BCUT2D eigenvalue weighted by Crippen LogP contribution is -2.15. The zero-order valence-electron chi connectivity index (χ0n) is 14.7. The molecule has 0 saturated heterocycles. The minimum atomic E-state index is -4.43. The summed E-state index contributed by atoms with van der Waals surface area (Å²) in [4.78, 5) is 15.7. The first-order valence-electron chi connectivity index (χ1n) is 8.78. The van der Waals surface area contributed by atoms with Crippen molar-refractivity contribution in [3.05, 3.63) is 55.6 Å². The lowest BCUT2D eigenvalue weighted by atomic mass is 9.88. The first kappa shape index (κ1) is 18.6. The fourth-order valence-electron chi connectivity index (χ4n) is 3.52. The van der Waals surface area contributed by atoms with Gasteiger partial charge in [-0.05, 0) is 60.6 Å². The van der Waals surface area contributed by atoms with Gasteiger partial charge in [0.25, 0.3) is 5.91 Å². The van der Waals surface area contributed by atoms with Crippen LogP contribution in [0.2, 0.25) is 0 Å². The van der Waals surface area contributed by atoms with Crippen LogP contribution in [0.15, 0.2) is 29.2 Å². The summed E-state index contributed by atoms with van der Waals surface area (Å²) in [6.45, 7) is 2.26. The van der Waals surface area contributed by atoms with Crippen LogP contribution in [-0.2, 0) is 29.6 Å². The molecule has 2 heterocycles. The number of rotatable bonds is 2. The number of carbonyl (C=O) groups excluding carboxylic acids is 1. The summed E-state index contributed by atoms with van der Waals surface area (Å²) in [6, 6.07) is 4.72. The minimum absolute atomic E-state index is 0.154. The van der Waals surface area contributed by atoms with Gasteiger partial charge in [-0.15, -0.1) is 23.1 Å². The highest BCUT2D eigenvalue weighted by molar-refractivity contribution is 8.03. The molecule has 4 rings (SSSR count). The maximum atomic E-state index is 12.8. The van der Waals surface area contributed by atoms with E-state index in [0.29, 0.717) is 10.8 Å². The lowest BCUT2D eigenvalue weighted by molar-refractivity contribution is -0.137. The van der Waals surface area contributed by atoms with Gasteiger partial charge in [0.05, 0.1) is 10.5 Å². The molecular weight excluding hydrogens is 391 g/mol. The number of benzene rings is 1. The fourth-order valence-corrected chi connectivity index (χ4v) is 6.18. The second kappa shape index (κ2) is 7.02. The van der Waals surface area contributed by atoms with E-state index < -0.39 is 11.7 Å². The molecule has 1 amide bonds. The molecule has 1 N–H and O–H groups in total. The Kier molecular flexibility index (Phi) is 4.84. The summed E-state index contributed by atoms with van der Waals surface area (Å²) >= 11 is 3.21. The van der Waals surface area contributed by atoms with Crippen LogP contribution in [0.25, 0.3) is 6.08 Å². The molecule has 7 heteroatoms. The van der Waals surface area contributed by atoms with Crippen molar-refractivity contribution in [2.45, 2.75) is 38.1 Å². The Hall–Kier alpha value is -1.73. The van der Waals surface area contributed by atoms with E-state index in [1.165, 1.54) is 46.3 Å². The number of thioether (sulfide) groups is 1. The Morgan fingerprint density at radius 1 is 1.26 bits per heavy atom. The van der Waals surface area contributed by atoms with Crippen LogP contribution in [0.4, 0.5) is 18.9 Å². The van der Waals surface area contributed by atoms with Crippen molar-refractivity contribution in [2.24, 2.45) is 5.92 Å². The van der Waals surface area contributed by atoms with Crippen LogP contribution in [0, 0.1) is 5.92 Å². The lowest BCUT2D eigenvalue weighted by Gasteiger charge is -2.20. The van der Waals surface area contributed by atoms with E-state index in [-0.39, 0.29) is 11.6 Å². The van der Waals surface area contributed by atoms with Gasteiger partial charge >= 0.3 is 6.18 Å². The second-order valence-corrected chi connectivity index (χ2v) is 9.18. The zero-order valence-corrected chi connectivity index (χ0v) is 16.3. The molecule has 0 fully saturated rings. The number of hydrogen-bond donors (Lipinski definition) is 1. The van der Waals surface area contributed by atoms with Gasteiger partial charge in [-0.25, -0.2) is 0 Å². The van der Waals surface area contributed by atoms with Crippen LogP contribution >= 0.6 is 23.1 Å². The number of amides is 1. The first-order chi connectivity index (χ1) is 12.8. The first-order valence-corrected chi connectivity index (χ1v) is 10.6. The Bertz CT molecular complexity index is 930. The van der Waals surface area contributed by atoms with Gasteiger partial charge in [-0.1, -0.05) is 13.0 Å². The summed E-state index contributed by atoms with van der Waals surface area (Å²) in [5.41, 5.74) is 2.17. The van der Waals surface area contributed by atoms with Gasteiger partial charge in [-0.2, -0.15) is 13.2 Å². The Labute approximate surface area is 163 Å². The van der Waals surface area contributed by atoms with Crippen molar-refractivity contribution >= 4 is 40.8 Å². The molecule has 1 aromatic carbocycles. The largest absolute Gasteiger partial charge is 0.416 e. The summed E-state index contributed by atoms with van der Waals surface area (Å²) in [7, 11) is 0. The number of nitrogens with one attached hydrogen (secondary N) is 1. The molecule has 1 aliphatic carbocycles. The van der Waals surface area contributed by atoms with Crippen LogP contribution in [-0.4, -0.2) is 5.91 Å². The molecule has 1 aromatic heterocycles. The van der Waals surface area contributed by atoms with Crippen LogP contribution in [0.1, 0.15) is 39.8 Å². The maximum Gasteiger partial charge on any atom is 0.416 e. The van der Waals surface area contributed by atoms with E-state index in [1.54, 1.807) is 11.3 Å². The van der Waals surface area contributed by atoms with Gasteiger partial charge in [0, 0.05) is 21.2 Å². The maximum absolute atomic E-state index is 12.8. The minimum Gasteiger partial charge on any atom is -0.322 e. The van der Waals surface area contributed by atoms with Crippen molar-refractivity contribution < 1.29 is 18.0 Å². The number of anilines is 1. The van der Waals surface area contributed by atoms with E-state index in [0.717, 1.165) is 35.6 Å². The van der Waals surface area contributed by atoms with E-state index in [2.05, 4.69) is 12.2 Å². The van der Waals surface area contributed by atoms with Gasteiger partial charge in [-0.3, -0.25) is 4.79 Å². The predicted octanol–water partition coefficient (Wildman–Crippen LogP) is 6.12. The Morgan fingerprint density at radius 3 is 2.85 bits per heavy atom. The van der Waals surface area contributed by atoms with Crippen molar-refractivity contribution in [2.75, 3.05) is 5.32 Å². The zero-order chi connectivity index (χ0) is 19.2.